The Morgan fingerprint density at radius 3 is 2.90 bits per heavy atom. The minimum absolute atomic E-state index is 0.0132. The fourth-order valence-corrected chi connectivity index (χ4v) is 5.04. The molecule has 4 rings (SSSR count). The molecule has 0 radical (unpaired) electrons. The molecule has 6 nitrogen and oxygen atoms in total. The molecule has 0 saturated carbocycles. The largest absolute Gasteiger partial charge is 0.373 e. The first-order chi connectivity index (χ1) is 14.5. The summed E-state index contributed by atoms with van der Waals surface area (Å²) in [6, 6.07) is 10.2. The molecular formula is C23H27N3O3S. The van der Waals surface area contributed by atoms with Crippen LogP contribution in [0.3, 0.4) is 0 Å². The van der Waals surface area contributed by atoms with E-state index < -0.39 is 0 Å². The zero-order chi connectivity index (χ0) is 21.1. The summed E-state index contributed by atoms with van der Waals surface area (Å²) in [7, 11) is 0. The molecule has 1 aliphatic heterocycles. The van der Waals surface area contributed by atoms with E-state index in [1.54, 1.807) is 6.33 Å². The van der Waals surface area contributed by atoms with Crippen LogP contribution in [0.2, 0.25) is 0 Å². The zero-order valence-electron chi connectivity index (χ0n) is 17.4. The Hall–Kier alpha value is -2.51. The van der Waals surface area contributed by atoms with Gasteiger partial charge in [-0.1, -0.05) is 30.3 Å². The van der Waals surface area contributed by atoms with E-state index in [-0.39, 0.29) is 29.9 Å². The highest BCUT2D eigenvalue weighted by molar-refractivity contribution is 7.18. The predicted octanol–water partition coefficient (Wildman–Crippen LogP) is 3.75. The van der Waals surface area contributed by atoms with Crippen LogP contribution in [0, 0.1) is 19.8 Å². The molecule has 7 heteroatoms. The van der Waals surface area contributed by atoms with Crippen molar-refractivity contribution in [2.45, 2.75) is 45.8 Å². The number of ether oxygens (including phenoxy) is 1. The number of hydrogen-bond donors (Lipinski definition) is 1. The highest BCUT2D eigenvalue weighted by Crippen LogP contribution is 2.33. The maximum Gasteiger partial charge on any atom is 0.262 e. The number of nitrogens with one attached hydrogen (secondary N) is 1. The highest BCUT2D eigenvalue weighted by Gasteiger charge is 2.27. The fraction of sp³-hybridized carbons (Fsp3) is 0.435. The number of thiophene rings is 1. The Morgan fingerprint density at radius 2 is 2.10 bits per heavy atom. The van der Waals surface area contributed by atoms with Crippen LogP contribution in [-0.4, -0.2) is 28.6 Å². The Kier molecular flexibility index (Phi) is 6.29. The number of aryl methyl sites for hydroxylation is 3. The fourth-order valence-electron chi connectivity index (χ4n) is 4.05. The smallest absolute Gasteiger partial charge is 0.262 e. The summed E-state index contributed by atoms with van der Waals surface area (Å²) in [5.41, 5.74) is 2.07. The number of aromatic nitrogens is 2. The molecule has 2 unspecified atom stereocenters. The summed E-state index contributed by atoms with van der Waals surface area (Å²) in [6.07, 6.45) is 3.84. The van der Waals surface area contributed by atoms with Gasteiger partial charge in [0.15, 0.2) is 0 Å². The number of rotatable bonds is 6. The van der Waals surface area contributed by atoms with Crippen LogP contribution in [-0.2, 0) is 16.1 Å². The molecule has 30 heavy (non-hydrogen) atoms. The summed E-state index contributed by atoms with van der Waals surface area (Å²) >= 11 is 1.53. The maximum atomic E-state index is 12.8. The standard InChI is InChI=1S/C23H27N3O3S/c1-15-16(2)30-22-20(15)23(28)26(14-25-22)11-10-19(27)24-13-18-9-6-12-29-21(18)17-7-4-3-5-8-17/h3-5,7-8,14,18,21H,6,9-13H2,1-2H3,(H,24,27). The third kappa shape index (κ3) is 4.32. The van der Waals surface area contributed by atoms with Gasteiger partial charge in [-0.15, -0.1) is 11.3 Å². The summed E-state index contributed by atoms with van der Waals surface area (Å²) < 4.78 is 7.54. The normalized spacial score (nSPS) is 19.1. The first-order valence-corrected chi connectivity index (χ1v) is 11.2. The molecule has 1 N–H and O–H groups in total. The summed E-state index contributed by atoms with van der Waals surface area (Å²) in [5, 5.41) is 3.71. The monoisotopic (exact) mass is 425 g/mol. The Morgan fingerprint density at radius 1 is 1.30 bits per heavy atom. The summed E-state index contributed by atoms with van der Waals surface area (Å²) in [4.78, 5) is 31.5. The quantitative estimate of drug-likeness (QED) is 0.653. The van der Waals surface area contributed by atoms with Gasteiger partial charge in [-0.2, -0.15) is 0 Å². The van der Waals surface area contributed by atoms with Gasteiger partial charge in [0.25, 0.3) is 5.56 Å². The first kappa shape index (κ1) is 20.8. The van der Waals surface area contributed by atoms with Crippen molar-refractivity contribution < 1.29 is 9.53 Å². The van der Waals surface area contributed by atoms with E-state index >= 15 is 0 Å². The number of carbonyl (C=O) groups excluding carboxylic acids is 1. The van der Waals surface area contributed by atoms with Gasteiger partial charge in [-0.25, -0.2) is 4.98 Å². The molecule has 0 spiro atoms. The molecule has 1 saturated heterocycles. The lowest BCUT2D eigenvalue weighted by molar-refractivity contribution is -0.122. The molecule has 3 aromatic rings. The van der Waals surface area contributed by atoms with E-state index in [0.717, 1.165) is 40.3 Å². The highest BCUT2D eigenvalue weighted by atomic mass is 32.1. The minimum atomic E-state index is -0.0699. The van der Waals surface area contributed by atoms with Crippen molar-refractivity contribution in [1.29, 1.82) is 0 Å². The van der Waals surface area contributed by atoms with Crippen molar-refractivity contribution in [1.82, 2.24) is 14.9 Å². The van der Waals surface area contributed by atoms with Crippen LogP contribution in [0.4, 0.5) is 0 Å². The van der Waals surface area contributed by atoms with Crippen molar-refractivity contribution >= 4 is 27.5 Å². The van der Waals surface area contributed by atoms with Gasteiger partial charge in [0.2, 0.25) is 5.91 Å². The van der Waals surface area contributed by atoms with E-state index in [4.69, 9.17) is 4.74 Å². The first-order valence-electron chi connectivity index (χ1n) is 10.4. The third-order valence-electron chi connectivity index (χ3n) is 5.87. The average Bonchev–Trinajstić information content (AvgIpc) is 3.07. The van der Waals surface area contributed by atoms with Gasteiger partial charge in [0.1, 0.15) is 4.83 Å². The van der Waals surface area contributed by atoms with Crippen LogP contribution in [0.1, 0.15) is 41.4 Å². The van der Waals surface area contributed by atoms with Gasteiger partial charge in [0.05, 0.1) is 17.8 Å². The lowest BCUT2D eigenvalue weighted by atomic mass is 9.89. The van der Waals surface area contributed by atoms with E-state index in [1.807, 2.05) is 32.0 Å². The Balaban J connectivity index is 1.36. The minimum Gasteiger partial charge on any atom is -0.373 e. The summed E-state index contributed by atoms with van der Waals surface area (Å²) in [5.74, 6) is 0.194. The molecular weight excluding hydrogens is 398 g/mol. The van der Waals surface area contributed by atoms with Crippen molar-refractivity contribution in [2.75, 3.05) is 13.2 Å². The van der Waals surface area contributed by atoms with Crippen LogP contribution in [0.15, 0.2) is 41.5 Å². The van der Waals surface area contributed by atoms with Gasteiger partial charge in [-0.3, -0.25) is 14.2 Å². The second-order valence-corrected chi connectivity index (χ2v) is 9.07. The molecule has 0 bridgehead atoms. The molecule has 3 heterocycles. The van der Waals surface area contributed by atoms with Gasteiger partial charge in [-0.05, 0) is 37.8 Å². The lowest BCUT2D eigenvalue weighted by Crippen LogP contribution is -2.35. The predicted molar refractivity (Wildman–Crippen MR) is 119 cm³/mol. The molecule has 0 aliphatic carbocycles. The van der Waals surface area contributed by atoms with E-state index in [1.165, 1.54) is 15.9 Å². The molecule has 2 aromatic heterocycles. The van der Waals surface area contributed by atoms with Gasteiger partial charge >= 0.3 is 0 Å². The second kappa shape index (κ2) is 9.10. The molecule has 158 valence electrons. The summed E-state index contributed by atoms with van der Waals surface area (Å²) in [6.45, 7) is 5.60. The van der Waals surface area contributed by atoms with E-state index in [0.29, 0.717) is 18.5 Å². The number of amides is 1. The second-order valence-electron chi connectivity index (χ2n) is 7.86. The molecule has 1 aromatic carbocycles. The maximum absolute atomic E-state index is 12.8. The molecule has 1 aliphatic rings. The van der Waals surface area contributed by atoms with Crippen LogP contribution in [0.25, 0.3) is 10.2 Å². The molecule has 1 fully saturated rings. The van der Waals surface area contributed by atoms with Crippen molar-refractivity contribution in [3.63, 3.8) is 0 Å². The van der Waals surface area contributed by atoms with Gasteiger partial charge in [0, 0.05) is 36.9 Å². The van der Waals surface area contributed by atoms with Gasteiger partial charge < -0.3 is 10.1 Å². The van der Waals surface area contributed by atoms with Crippen LogP contribution < -0.4 is 10.9 Å². The Labute approximate surface area is 179 Å². The van der Waals surface area contributed by atoms with E-state index in [2.05, 4.69) is 22.4 Å². The average molecular weight is 426 g/mol. The number of fused-ring (bicyclic) bond motifs is 1. The van der Waals surface area contributed by atoms with E-state index in [9.17, 15) is 9.59 Å². The van der Waals surface area contributed by atoms with Crippen molar-refractivity contribution in [2.24, 2.45) is 5.92 Å². The number of nitrogens with zero attached hydrogens (tertiary/aromatic N) is 2. The number of carbonyl (C=O) groups is 1. The number of hydrogen-bond acceptors (Lipinski definition) is 5. The zero-order valence-corrected chi connectivity index (χ0v) is 18.2. The van der Waals surface area contributed by atoms with Crippen LogP contribution in [0.5, 0.6) is 0 Å². The van der Waals surface area contributed by atoms with Crippen molar-refractivity contribution in [3.8, 4) is 0 Å². The third-order valence-corrected chi connectivity index (χ3v) is 6.99. The Bertz CT molecular complexity index is 1090. The molecule has 1 amide bonds. The molecule has 2 atom stereocenters. The van der Waals surface area contributed by atoms with Crippen molar-refractivity contribution in [3.05, 3.63) is 63.0 Å². The number of benzene rings is 1. The SMILES string of the molecule is Cc1sc2ncn(CCC(=O)NCC3CCCOC3c3ccccc3)c(=O)c2c1C. The van der Waals surface area contributed by atoms with Crippen LogP contribution >= 0.6 is 11.3 Å². The lowest BCUT2D eigenvalue weighted by Gasteiger charge is -2.32. The topological polar surface area (TPSA) is 73.2 Å².